The van der Waals surface area contributed by atoms with Crippen molar-refractivity contribution in [2.75, 3.05) is 7.05 Å². The van der Waals surface area contributed by atoms with Gasteiger partial charge in [0.1, 0.15) is 11.3 Å². The fraction of sp³-hybridized carbons (Fsp3) is 0.105. The Kier molecular flexibility index (Phi) is 4.95. The van der Waals surface area contributed by atoms with Crippen LogP contribution in [0.1, 0.15) is 26.5 Å². The number of amides is 1. The van der Waals surface area contributed by atoms with Crippen molar-refractivity contribution in [1.82, 2.24) is 10.5 Å². The van der Waals surface area contributed by atoms with Gasteiger partial charge in [-0.15, -0.1) is 0 Å². The molecule has 1 amide bonds. The molecular formula is C19H15ClN2O3. The topological polar surface area (TPSA) is 72.2 Å². The largest absolute Gasteiger partial charge is 0.359 e. The number of carbonyl (C=O) groups is 2. The molecular weight excluding hydrogens is 340 g/mol. The minimum atomic E-state index is -0.359. The second kappa shape index (κ2) is 7.32. The first kappa shape index (κ1) is 16.9. The maximum atomic E-state index is 12.4. The van der Waals surface area contributed by atoms with Crippen molar-refractivity contribution in [3.05, 3.63) is 76.5 Å². The van der Waals surface area contributed by atoms with Gasteiger partial charge in [0.2, 0.25) is 0 Å². The van der Waals surface area contributed by atoms with E-state index in [1.54, 1.807) is 48.5 Å². The van der Waals surface area contributed by atoms with Crippen molar-refractivity contribution in [2.45, 2.75) is 6.42 Å². The molecule has 3 rings (SSSR count). The monoisotopic (exact) mass is 354 g/mol. The quantitative estimate of drug-likeness (QED) is 0.708. The van der Waals surface area contributed by atoms with E-state index in [0.29, 0.717) is 21.8 Å². The van der Waals surface area contributed by atoms with Crippen molar-refractivity contribution < 1.29 is 14.1 Å². The number of hydrogen-bond acceptors (Lipinski definition) is 4. The lowest BCUT2D eigenvalue weighted by Crippen LogP contribution is -2.20. The lowest BCUT2D eigenvalue weighted by Gasteiger charge is -2.03. The highest BCUT2D eigenvalue weighted by molar-refractivity contribution is 6.30. The highest BCUT2D eigenvalue weighted by Gasteiger charge is 2.25. The van der Waals surface area contributed by atoms with Crippen molar-refractivity contribution in [1.29, 1.82) is 0 Å². The number of hydrogen-bond donors (Lipinski definition) is 1. The Bertz CT molecular complexity index is 902. The molecule has 0 saturated heterocycles. The third-order valence-electron chi connectivity index (χ3n) is 3.75. The summed E-state index contributed by atoms with van der Waals surface area (Å²) in [5.74, 6) is -0.273. The predicted octanol–water partition coefficient (Wildman–Crippen LogP) is 3.78. The molecule has 25 heavy (non-hydrogen) atoms. The van der Waals surface area contributed by atoms with Crippen molar-refractivity contribution in [3.8, 4) is 11.3 Å². The first-order chi connectivity index (χ1) is 12.1. The van der Waals surface area contributed by atoms with Crippen LogP contribution in [0.25, 0.3) is 11.3 Å². The lowest BCUT2D eigenvalue weighted by molar-refractivity contribution is 0.0960. The summed E-state index contributed by atoms with van der Waals surface area (Å²) >= 11 is 5.90. The van der Waals surface area contributed by atoms with Crippen LogP contribution in [-0.2, 0) is 6.42 Å². The van der Waals surface area contributed by atoms with Gasteiger partial charge in [0.15, 0.2) is 11.5 Å². The summed E-state index contributed by atoms with van der Waals surface area (Å²) in [6.07, 6.45) is -0.0483. The number of Topliss-reactive ketones (excluding diaryl/α,β-unsaturated/α-hetero) is 1. The van der Waals surface area contributed by atoms with Crippen LogP contribution >= 0.6 is 11.6 Å². The number of nitrogens with zero attached hydrogens (tertiary/aromatic N) is 1. The number of benzene rings is 2. The highest BCUT2D eigenvalue weighted by Crippen LogP contribution is 2.27. The van der Waals surface area contributed by atoms with E-state index in [1.807, 2.05) is 6.07 Å². The van der Waals surface area contributed by atoms with Crippen molar-refractivity contribution in [2.24, 2.45) is 0 Å². The van der Waals surface area contributed by atoms with Gasteiger partial charge in [-0.25, -0.2) is 0 Å². The molecule has 0 aliphatic rings. The van der Waals surface area contributed by atoms with Crippen LogP contribution in [0.4, 0.5) is 0 Å². The summed E-state index contributed by atoms with van der Waals surface area (Å²) in [6.45, 7) is 0. The van der Waals surface area contributed by atoms with Gasteiger partial charge in [0.05, 0.1) is 6.42 Å². The van der Waals surface area contributed by atoms with E-state index in [2.05, 4.69) is 10.5 Å². The first-order valence-electron chi connectivity index (χ1n) is 7.65. The standard InChI is InChI=1S/C19H15ClN2O3/c1-21-19(24)17-16(11-15(23)12-5-3-2-4-6-12)25-22-18(17)13-7-9-14(20)10-8-13/h2-10H,11H2,1H3,(H,21,24). The SMILES string of the molecule is CNC(=O)c1c(-c2ccc(Cl)cc2)noc1CC(=O)c1ccccc1. The summed E-state index contributed by atoms with van der Waals surface area (Å²) < 4.78 is 5.33. The normalized spacial score (nSPS) is 10.5. The molecule has 1 N–H and O–H groups in total. The molecule has 0 spiro atoms. The van der Waals surface area contributed by atoms with E-state index in [9.17, 15) is 9.59 Å². The van der Waals surface area contributed by atoms with E-state index in [-0.39, 0.29) is 29.4 Å². The fourth-order valence-electron chi connectivity index (χ4n) is 2.48. The summed E-state index contributed by atoms with van der Waals surface area (Å²) in [4.78, 5) is 24.8. The number of nitrogens with one attached hydrogen (secondary N) is 1. The van der Waals surface area contributed by atoms with Crippen molar-refractivity contribution >= 4 is 23.3 Å². The Morgan fingerprint density at radius 2 is 1.76 bits per heavy atom. The zero-order chi connectivity index (χ0) is 17.8. The van der Waals surface area contributed by atoms with Crippen LogP contribution in [0.5, 0.6) is 0 Å². The minimum absolute atomic E-state index is 0.0483. The van der Waals surface area contributed by atoms with Crippen LogP contribution in [0.15, 0.2) is 59.1 Å². The highest BCUT2D eigenvalue weighted by atomic mass is 35.5. The molecule has 0 radical (unpaired) electrons. The second-order valence-electron chi connectivity index (χ2n) is 5.38. The predicted molar refractivity (Wildman–Crippen MR) is 94.8 cm³/mol. The third-order valence-corrected chi connectivity index (χ3v) is 4.00. The van der Waals surface area contributed by atoms with Crippen LogP contribution in [0, 0.1) is 0 Å². The van der Waals surface area contributed by atoms with E-state index in [0.717, 1.165) is 0 Å². The third kappa shape index (κ3) is 3.61. The molecule has 0 aliphatic heterocycles. The molecule has 126 valence electrons. The van der Waals surface area contributed by atoms with E-state index in [1.165, 1.54) is 7.05 Å². The number of aromatic nitrogens is 1. The lowest BCUT2D eigenvalue weighted by atomic mass is 10.0. The van der Waals surface area contributed by atoms with Crippen LogP contribution in [-0.4, -0.2) is 23.9 Å². The van der Waals surface area contributed by atoms with Gasteiger partial charge in [0, 0.05) is 23.2 Å². The summed E-state index contributed by atoms with van der Waals surface area (Å²) in [5.41, 5.74) is 1.88. The summed E-state index contributed by atoms with van der Waals surface area (Å²) in [7, 11) is 1.52. The Morgan fingerprint density at radius 1 is 1.08 bits per heavy atom. The Labute approximate surface area is 149 Å². The molecule has 0 bridgehead atoms. The van der Waals surface area contributed by atoms with Gasteiger partial charge >= 0.3 is 0 Å². The maximum absolute atomic E-state index is 12.4. The van der Waals surface area contributed by atoms with Crippen molar-refractivity contribution in [3.63, 3.8) is 0 Å². The molecule has 0 fully saturated rings. The molecule has 0 saturated carbocycles. The summed E-state index contributed by atoms with van der Waals surface area (Å²) in [5, 5.41) is 7.14. The molecule has 1 aromatic heterocycles. The molecule has 2 aromatic carbocycles. The molecule has 1 heterocycles. The van der Waals surface area contributed by atoms with E-state index in [4.69, 9.17) is 16.1 Å². The fourth-order valence-corrected chi connectivity index (χ4v) is 2.61. The average molecular weight is 355 g/mol. The van der Waals surface area contributed by atoms with E-state index >= 15 is 0 Å². The Balaban J connectivity index is 1.98. The molecule has 5 nitrogen and oxygen atoms in total. The Hall–Kier alpha value is -2.92. The van der Waals surface area contributed by atoms with Gasteiger partial charge in [-0.3, -0.25) is 9.59 Å². The van der Waals surface area contributed by atoms with Gasteiger partial charge < -0.3 is 9.84 Å². The zero-order valence-electron chi connectivity index (χ0n) is 13.5. The molecule has 0 atom stereocenters. The minimum Gasteiger partial charge on any atom is -0.359 e. The Morgan fingerprint density at radius 3 is 2.40 bits per heavy atom. The summed E-state index contributed by atoms with van der Waals surface area (Å²) in [6, 6.07) is 15.7. The molecule has 3 aromatic rings. The van der Waals surface area contributed by atoms with Crippen LogP contribution < -0.4 is 5.32 Å². The van der Waals surface area contributed by atoms with Gasteiger partial charge in [-0.1, -0.05) is 59.2 Å². The number of ketones is 1. The van der Waals surface area contributed by atoms with Gasteiger partial charge in [-0.2, -0.15) is 0 Å². The van der Waals surface area contributed by atoms with E-state index < -0.39 is 0 Å². The first-order valence-corrected chi connectivity index (χ1v) is 8.02. The zero-order valence-corrected chi connectivity index (χ0v) is 14.2. The van der Waals surface area contributed by atoms with Crippen LogP contribution in [0.2, 0.25) is 5.02 Å². The smallest absolute Gasteiger partial charge is 0.256 e. The molecule has 0 aliphatic carbocycles. The number of rotatable bonds is 5. The molecule has 0 unspecified atom stereocenters. The average Bonchev–Trinajstić information content (AvgIpc) is 3.06. The maximum Gasteiger partial charge on any atom is 0.256 e. The number of halogens is 1. The number of carbonyl (C=O) groups excluding carboxylic acids is 2. The second-order valence-corrected chi connectivity index (χ2v) is 5.82. The van der Waals surface area contributed by atoms with Gasteiger partial charge in [0.25, 0.3) is 5.91 Å². The van der Waals surface area contributed by atoms with Crippen LogP contribution in [0.3, 0.4) is 0 Å². The molecule has 6 heteroatoms. The van der Waals surface area contributed by atoms with Gasteiger partial charge in [-0.05, 0) is 12.1 Å².